The van der Waals surface area contributed by atoms with Gasteiger partial charge in [-0.2, -0.15) is 0 Å². The lowest BCUT2D eigenvalue weighted by atomic mass is 10.0. The average Bonchev–Trinajstić information content (AvgIpc) is 2.27. The summed E-state index contributed by atoms with van der Waals surface area (Å²) < 4.78 is 0. The first-order valence-electron chi connectivity index (χ1n) is 5.10. The summed E-state index contributed by atoms with van der Waals surface area (Å²) in [5.74, 6) is -0.478. The monoisotopic (exact) mass is 237 g/mol. The van der Waals surface area contributed by atoms with Crippen LogP contribution in [0.25, 0.3) is 0 Å². The highest BCUT2D eigenvalue weighted by Gasteiger charge is 2.06. The van der Waals surface area contributed by atoms with Gasteiger partial charge in [-0.3, -0.25) is 4.79 Å². The molecule has 2 amide bonds. The van der Waals surface area contributed by atoms with Crippen LogP contribution >= 0.6 is 0 Å². The summed E-state index contributed by atoms with van der Waals surface area (Å²) in [6, 6.07) is 6.44. The standard InChI is InChI=1S/C11H15N3O3/c12-9(6-14-11(16)17)5-7-1-3-8(4-2-7)10(13)15/h1-4,9,14H,5-6,12H2,(H2,13,15)(H,16,17)/t9-/m0/s1. The predicted octanol–water partition coefficient (Wildman–Crippen LogP) is -0.0771. The average molecular weight is 237 g/mol. The number of nitrogens with one attached hydrogen (secondary N) is 1. The lowest BCUT2D eigenvalue weighted by Crippen LogP contribution is -2.37. The summed E-state index contributed by atoms with van der Waals surface area (Å²) in [4.78, 5) is 21.1. The normalized spacial score (nSPS) is 11.8. The van der Waals surface area contributed by atoms with Gasteiger partial charge in [-0.1, -0.05) is 12.1 Å². The second-order valence-corrected chi connectivity index (χ2v) is 3.71. The number of hydrogen-bond acceptors (Lipinski definition) is 3. The molecule has 1 aromatic carbocycles. The number of carbonyl (C=O) groups is 2. The van der Waals surface area contributed by atoms with Crippen LogP contribution in [0.15, 0.2) is 24.3 Å². The maximum absolute atomic E-state index is 10.8. The van der Waals surface area contributed by atoms with Crippen LogP contribution in [-0.4, -0.2) is 29.7 Å². The molecule has 0 saturated heterocycles. The molecule has 6 N–H and O–H groups in total. The van der Waals surface area contributed by atoms with Crippen LogP contribution in [0, 0.1) is 0 Å². The van der Waals surface area contributed by atoms with E-state index in [0.29, 0.717) is 12.0 Å². The molecule has 1 atom stereocenters. The molecule has 1 aromatic rings. The molecule has 0 aromatic heterocycles. The van der Waals surface area contributed by atoms with E-state index < -0.39 is 12.0 Å². The van der Waals surface area contributed by atoms with Crippen molar-refractivity contribution in [3.63, 3.8) is 0 Å². The number of benzene rings is 1. The molecule has 0 spiro atoms. The molecule has 0 unspecified atom stereocenters. The first kappa shape index (κ1) is 13.0. The quantitative estimate of drug-likeness (QED) is 0.572. The molecule has 0 heterocycles. The van der Waals surface area contributed by atoms with E-state index in [9.17, 15) is 9.59 Å². The van der Waals surface area contributed by atoms with Gasteiger partial charge in [0.2, 0.25) is 5.91 Å². The predicted molar refractivity (Wildman–Crippen MR) is 62.7 cm³/mol. The van der Waals surface area contributed by atoms with E-state index in [1.165, 1.54) is 0 Å². The molecule has 6 nitrogen and oxygen atoms in total. The van der Waals surface area contributed by atoms with E-state index >= 15 is 0 Å². The largest absolute Gasteiger partial charge is 0.465 e. The molecular formula is C11H15N3O3. The molecule has 0 saturated carbocycles. The Kier molecular flexibility index (Phi) is 4.47. The van der Waals surface area contributed by atoms with Gasteiger partial charge in [-0.25, -0.2) is 4.79 Å². The van der Waals surface area contributed by atoms with Gasteiger partial charge in [0.1, 0.15) is 0 Å². The van der Waals surface area contributed by atoms with Gasteiger partial charge in [0.05, 0.1) is 0 Å². The highest BCUT2D eigenvalue weighted by atomic mass is 16.4. The topological polar surface area (TPSA) is 118 Å². The molecule has 6 heteroatoms. The summed E-state index contributed by atoms with van der Waals surface area (Å²) in [6.45, 7) is 0.187. The number of carbonyl (C=O) groups excluding carboxylic acids is 1. The van der Waals surface area contributed by atoms with Crippen molar-refractivity contribution >= 4 is 12.0 Å². The van der Waals surface area contributed by atoms with E-state index in [2.05, 4.69) is 5.32 Å². The first-order chi connectivity index (χ1) is 7.99. The summed E-state index contributed by atoms with van der Waals surface area (Å²) in [7, 11) is 0. The highest BCUT2D eigenvalue weighted by Crippen LogP contribution is 2.05. The molecule has 0 aliphatic carbocycles. The fourth-order valence-electron chi connectivity index (χ4n) is 1.40. The van der Waals surface area contributed by atoms with Crippen LogP contribution in [0.5, 0.6) is 0 Å². The van der Waals surface area contributed by atoms with Gasteiger partial charge in [-0.15, -0.1) is 0 Å². The van der Waals surface area contributed by atoms with E-state index in [1.807, 2.05) is 0 Å². The van der Waals surface area contributed by atoms with Gasteiger partial charge >= 0.3 is 6.09 Å². The number of carboxylic acid groups (broad SMARTS) is 1. The summed E-state index contributed by atoms with van der Waals surface area (Å²) in [5.41, 5.74) is 12.2. The molecule has 0 bridgehead atoms. The van der Waals surface area contributed by atoms with Crippen molar-refractivity contribution in [2.75, 3.05) is 6.54 Å². The van der Waals surface area contributed by atoms with Gasteiger partial charge in [0, 0.05) is 18.2 Å². The number of amides is 2. The van der Waals surface area contributed by atoms with E-state index in [1.54, 1.807) is 24.3 Å². The first-order valence-corrected chi connectivity index (χ1v) is 5.10. The van der Waals surface area contributed by atoms with Gasteiger partial charge in [0.25, 0.3) is 0 Å². The van der Waals surface area contributed by atoms with Gasteiger partial charge in [0.15, 0.2) is 0 Å². The Balaban J connectivity index is 2.51. The van der Waals surface area contributed by atoms with Crippen molar-refractivity contribution in [1.29, 1.82) is 0 Å². The Bertz CT molecular complexity index is 403. The van der Waals surface area contributed by atoms with Crippen molar-refractivity contribution < 1.29 is 14.7 Å². The zero-order chi connectivity index (χ0) is 12.8. The molecule has 0 aliphatic heterocycles. The minimum atomic E-state index is -1.09. The Morgan fingerprint density at radius 3 is 2.35 bits per heavy atom. The van der Waals surface area contributed by atoms with Crippen LogP contribution in [0.2, 0.25) is 0 Å². The van der Waals surface area contributed by atoms with E-state index in [-0.39, 0.29) is 12.6 Å². The minimum Gasteiger partial charge on any atom is -0.465 e. The number of primary amides is 1. The van der Waals surface area contributed by atoms with E-state index in [0.717, 1.165) is 5.56 Å². The van der Waals surface area contributed by atoms with Gasteiger partial charge < -0.3 is 21.9 Å². The fraction of sp³-hybridized carbons (Fsp3) is 0.273. The zero-order valence-corrected chi connectivity index (χ0v) is 9.22. The number of hydrogen-bond donors (Lipinski definition) is 4. The Morgan fingerprint density at radius 2 is 1.88 bits per heavy atom. The summed E-state index contributed by atoms with van der Waals surface area (Å²) >= 11 is 0. The third-order valence-corrected chi connectivity index (χ3v) is 2.25. The van der Waals surface area contributed by atoms with Crippen molar-refractivity contribution in [3.05, 3.63) is 35.4 Å². The maximum Gasteiger partial charge on any atom is 0.404 e. The third kappa shape index (κ3) is 4.52. The fourth-order valence-corrected chi connectivity index (χ4v) is 1.40. The molecule has 1 rings (SSSR count). The second-order valence-electron chi connectivity index (χ2n) is 3.71. The van der Waals surface area contributed by atoms with Crippen molar-refractivity contribution in [3.8, 4) is 0 Å². The summed E-state index contributed by atoms with van der Waals surface area (Å²) in [5, 5.41) is 10.6. The lowest BCUT2D eigenvalue weighted by molar-refractivity contribution is 0.1000. The smallest absolute Gasteiger partial charge is 0.404 e. The van der Waals surface area contributed by atoms with E-state index in [4.69, 9.17) is 16.6 Å². The third-order valence-electron chi connectivity index (χ3n) is 2.25. The Hall–Kier alpha value is -2.08. The Morgan fingerprint density at radius 1 is 1.29 bits per heavy atom. The molecule has 17 heavy (non-hydrogen) atoms. The molecule has 92 valence electrons. The molecule has 0 fully saturated rings. The molecule has 0 radical (unpaired) electrons. The molecular weight excluding hydrogens is 222 g/mol. The van der Waals surface area contributed by atoms with Crippen LogP contribution in [0.3, 0.4) is 0 Å². The van der Waals surface area contributed by atoms with Crippen LogP contribution in [0.4, 0.5) is 4.79 Å². The number of nitrogens with two attached hydrogens (primary N) is 2. The Labute approximate surface area is 98.6 Å². The highest BCUT2D eigenvalue weighted by molar-refractivity contribution is 5.92. The SMILES string of the molecule is NC(=O)c1ccc(C[C@H](N)CNC(=O)O)cc1. The van der Waals surface area contributed by atoms with Crippen LogP contribution in [0.1, 0.15) is 15.9 Å². The van der Waals surface area contributed by atoms with Crippen molar-refractivity contribution in [2.45, 2.75) is 12.5 Å². The van der Waals surface area contributed by atoms with Crippen LogP contribution < -0.4 is 16.8 Å². The lowest BCUT2D eigenvalue weighted by Gasteiger charge is -2.11. The molecule has 0 aliphatic rings. The second kappa shape index (κ2) is 5.86. The summed E-state index contributed by atoms with van der Waals surface area (Å²) in [6.07, 6.45) is -0.566. The minimum absolute atomic E-state index is 0.187. The number of rotatable bonds is 5. The van der Waals surface area contributed by atoms with Crippen LogP contribution in [-0.2, 0) is 6.42 Å². The zero-order valence-electron chi connectivity index (χ0n) is 9.22. The maximum atomic E-state index is 10.8. The van der Waals surface area contributed by atoms with Crippen molar-refractivity contribution in [2.24, 2.45) is 11.5 Å². The van der Waals surface area contributed by atoms with Gasteiger partial charge in [-0.05, 0) is 24.1 Å². The van der Waals surface area contributed by atoms with Crippen molar-refractivity contribution in [1.82, 2.24) is 5.32 Å².